The molecule has 0 saturated heterocycles. The van der Waals surface area contributed by atoms with Crippen molar-refractivity contribution < 1.29 is 0 Å². The number of hydrogen-bond donors (Lipinski definition) is 1. The van der Waals surface area contributed by atoms with Gasteiger partial charge >= 0.3 is 0 Å². The molecule has 120 valence electrons. The molecule has 0 saturated carbocycles. The van der Waals surface area contributed by atoms with Crippen LogP contribution in [0.5, 0.6) is 0 Å². The molecule has 1 N–H and O–H groups in total. The van der Waals surface area contributed by atoms with Crippen LogP contribution in [-0.4, -0.2) is 14.8 Å². The van der Waals surface area contributed by atoms with E-state index in [0.29, 0.717) is 18.1 Å². The van der Waals surface area contributed by atoms with Crippen molar-refractivity contribution in [2.45, 2.75) is 26.9 Å². The molecule has 0 radical (unpaired) electrons. The molecule has 0 spiro atoms. The number of pyridine rings is 1. The molecule has 0 aliphatic heterocycles. The van der Waals surface area contributed by atoms with Gasteiger partial charge in [-0.3, -0.25) is 4.68 Å². The molecule has 0 unspecified atom stereocenters. The third-order valence-corrected chi connectivity index (χ3v) is 3.76. The molecular weight excluding hydrogens is 298 g/mol. The SMILES string of the molecule is Cc1cc(C)n(Cc2cccc(CNc3cccc(C#N)n3)c2)n1. The summed E-state index contributed by atoms with van der Waals surface area (Å²) in [7, 11) is 0. The zero-order chi connectivity index (χ0) is 16.9. The van der Waals surface area contributed by atoms with E-state index in [-0.39, 0.29) is 0 Å². The maximum absolute atomic E-state index is 8.90. The lowest BCUT2D eigenvalue weighted by Crippen LogP contribution is -2.06. The van der Waals surface area contributed by atoms with Gasteiger partial charge in [0.15, 0.2) is 0 Å². The zero-order valence-corrected chi connectivity index (χ0v) is 13.8. The number of hydrogen-bond acceptors (Lipinski definition) is 4. The van der Waals surface area contributed by atoms with Gasteiger partial charge in [-0.1, -0.05) is 30.3 Å². The van der Waals surface area contributed by atoms with Gasteiger partial charge in [-0.2, -0.15) is 10.4 Å². The zero-order valence-electron chi connectivity index (χ0n) is 13.8. The molecule has 3 aromatic rings. The molecule has 3 rings (SSSR count). The maximum atomic E-state index is 8.90. The Hall–Kier alpha value is -3.13. The lowest BCUT2D eigenvalue weighted by atomic mass is 10.1. The van der Waals surface area contributed by atoms with Gasteiger partial charge in [-0.25, -0.2) is 4.98 Å². The fourth-order valence-electron chi connectivity index (χ4n) is 2.63. The lowest BCUT2D eigenvalue weighted by molar-refractivity contribution is 0.658. The van der Waals surface area contributed by atoms with Crippen LogP contribution in [0.25, 0.3) is 0 Å². The Balaban J connectivity index is 1.69. The largest absolute Gasteiger partial charge is 0.366 e. The van der Waals surface area contributed by atoms with E-state index in [2.05, 4.69) is 52.7 Å². The molecule has 5 heteroatoms. The van der Waals surface area contributed by atoms with E-state index in [9.17, 15) is 0 Å². The van der Waals surface area contributed by atoms with Crippen molar-refractivity contribution in [2.75, 3.05) is 5.32 Å². The van der Waals surface area contributed by atoms with Crippen molar-refractivity contribution in [3.05, 3.63) is 76.7 Å². The number of aromatic nitrogens is 3. The summed E-state index contributed by atoms with van der Waals surface area (Å²) in [4.78, 5) is 4.22. The molecule has 2 aromatic heterocycles. The van der Waals surface area contributed by atoms with Crippen LogP contribution in [0.2, 0.25) is 0 Å². The second-order valence-electron chi connectivity index (χ2n) is 5.78. The summed E-state index contributed by atoms with van der Waals surface area (Å²) in [6, 6.07) is 17.9. The normalized spacial score (nSPS) is 10.4. The monoisotopic (exact) mass is 317 g/mol. The predicted octanol–water partition coefficient (Wildman–Crippen LogP) is 3.43. The van der Waals surface area contributed by atoms with Gasteiger partial charge in [0.05, 0.1) is 12.2 Å². The number of nitrogens with zero attached hydrogens (tertiary/aromatic N) is 4. The number of rotatable bonds is 5. The van der Waals surface area contributed by atoms with E-state index in [1.54, 1.807) is 6.07 Å². The number of benzene rings is 1. The van der Waals surface area contributed by atoms with Gasteiger partial charge in [0.2, 0.25) is 0 Å². The quantitative estimate of drug-likeness (QED) is 0.783. The first-order valence-electron chi connectivity index (χ1n) is 7.84. The van der Waals surface area contributed by atoms with Crippen LogP contribution < -0.4 is 5.32 Å². The average Bonchev–Trinajstić information content (AvgIpc) is 2.91. The summed E-state index contributed by atoms with van der Waals surface area (Å²) >= 11 is 0. The van der Waals surface area contributed by atoms with E-state index < -0.39 is 0 Å². The smallest absolute Gasteiger partial charge is 0.142 e. The summed E-state index contributed by atoms with van der Waals surface area (Å²) < 4.78 is 2.01. The number of nitrogens with one attached hydrogen (secondary N) is 1. The Morgan fingerprint density at radius 2 is 1.88 bits per heavy atom. The van der Waals surface area contributed by atoms with Crippen LogP contribution in [0.1, 0.15) is 28.2 Å². The third-order valence-electron chi connectivity index (χ3n) is 3.76. The first-order valence-corrected chi connectivity index (χ1v) is 7.84. The van der Waals surface area contributed by atoms with E-state index in [4.69, 9.17) is 5.26 Å². The summed E-state index contributed by atoms with van der Waals surface area (Å²) in [5, 5.41) is 16.7. The summed E-state index contributed by atoms with van der Waals surface area (Å²) in [5.41, 5.74) is 4.98. The molecule has 2 heterocycles. The Kier molecular flexibility index (Phi) is 4.57. The molecule has 0 aliphatic rings. The molecule has 0 atom stereocenters. The Labute approximate surface area is 141 Å². The van der Waals surface area contributed by atoms with Crippen LogP contribution in [-0.2, 0) is 13.1 Å². The highest BCUT2D eigenvalue weighted by Gasteiger charge is 2.03. The minimum atomic E-state index is 0.415. The Morgan fingerprint density at radius 1 is 1.08 bits per heavy atom. The molecule has 24 heavy (non-hydrogen) atoms. The van der Waals surface area contributed by atoms with Gasteiger partial charge < -0.3 is 5.32 Å². The Morgan fingerprint density at radius 3 is 2.62 bits per heavy atom. The van der Waals surface area contributed by atoms with Crippen molar-refractivity contribution >= 4 is 5.82 Å². The van der Waals surface area contributed by atoms with Crippen LogP contribution in [0, 0.1) is 25.2 Å². The average molecular weight is 317 g/mol. The lowest BCUT2D eigenvalue weighted by Gasteiger charge is -2.09. The molecule has 0 amide bonds. The van der Waals surface area contributed by atoms with Gasteiger partial charge in [0.1, 0.15) is 17.6 Å². The van der Waals surface area contributed by atoms with Crippen LogP contribution in [0.4, 0.5) is 5.82 Å². The van der Waals surface area contributed by atoms with Gasteiger partial charge in [-0.15, -0.1) is 0 Å². The summed E-state index contributed by atoms with van der Waals surface area (Å²) in [5.74, 6) is 0.706. The van der Waals surface area contributed by atoms with Crippen LogP contribution in [0.3, 0.4) is 0 Å². The standard InChI is InChI=1S/C19H19N5/c1-14-9-15(2)24(23-14)13-17-6-3-5-16(10-17)12-21-19-8-4-7-18(11-20)22-19/h3-10H,12-13H2,1-2H3,(H,21,22). The van der Waals surface area contributed by atoms with Crippen molar-refractivity contribution in [3.8, 4) is 6.07 Å². The highest BCUT2D eigenvalue weighted by Crippen LogP contribution is 2.12. The number of anilines is 1. The van der Waals surface area contributed by atoms with Gasteiger partial charge in [0.25, 0.3) is 0 Å². The second kappa shape index (κ2) is 6.97. The van der Waals surface area contributed by atoms with Crippen LogP contribution >= 0.6 is 0 Å². The molecule has 1 aromatic carbocycles. The van der Waals surface area contributed by atoms with E-state index >= 15 is 0 Å². The van der Waals surface area contributed by atoms with E-state index in [0.717, 1.165) is 23.5 Å². The predicted molar refractivity (Wildman–Crippen MR) is 93.5 cm³/mol. The van der Waals surface area contributed by atoms with E-state index in [1.165, 1.54) is 5.56 Å². The molecule has 0 bridgehead atoms. The minimum Gasteiger partial charge on any atom is -0.366 e. The van der Waals surface area contributed by atoms with Crippen molar-refractivity contribution in [1.29, 1.82) is 5.26 Å². The van der Waals surface area contributed by atoms with Crippen LogP contribution in [0.15, 0.2) is 48.5 Å². The van der Waals surface area contributed by atoms with Crippen molar-refractivity contribution in [2.24, 2.45) is 0 Å². The highest BCUT2D eigenvalue weighted by molar-refractivity contribution is 5.39. The highest BCUT2D eigenvalue weighted by atomic mass is 15.3. The van der Waals surface area contributed by atoms with Gasteiger partial charge in [-0.05, 0) is 43.2 Å². The summed E-state index contributed by atoms with van der Waals surface area (Å²) in [6.07, 6.45) is 0. The molecule has 5 nitrogen and oxygen atoms in total. The first kappa shape index (κ1) is 15.8. The number of nitriles is 1. The summed E-state index contributed by atoms with van der Waals surface area (Å²) in [6.45, 7) is 5.49. The minimum absolute atomic E-state index is 0.415. The second-order valence-corrected chi connectivity index (χ2v) is 5.78. The van der Waals surface area contributed by atoms with Gasteiger partial charge in [0, 0.05) is 12.2 Å². The van der Waals surface area contributed by atoms with Crippen molar-refractivity contribution in [3.63, 3.8) is 0 Å². The fourth-order valence-corrected chi connectivity index (χ4v) is 2.63. The molecule has 0 aliphatic carbocycles. The van der Waals surface area contributed by atoms with Crippen molar-refractivity contribution in [1.82, 2.24) is 14.8 Å². The first-order chi connectivity index (χ1) is 11.6. The molecular formula is C19H19N5. The van der Waals surface area contributed by atoms with E-state index in [1.807, 2.05) is 29.8 Å². The Bertz CT molecular complexity index is 889. The maximum Gasteiger partial charge on any atom is 0.142 e. The fraction of sp³-hybridized carbons (Fsp3) is 0.211. The topological polar surface area (TPSA) is 66.5 Å². The third kappa shape index (κ3) is 3.79. The molecule has 0 fully saturated rings. The number of aryl methyl sites for hydroxylation is 2.